The predicted molar refractivity (Wildman–Crippen MR) is 67.8 cm³/mol. The molecule has 1 saturated carbocycles. The molecule has 0 radical (unpaired) electrons. The summed E-state index contributed by atoms with van der Waals surface area (Å²) in [5.41, 5.74) is 0.142. The summed E-state index contributed by atoms with van der Waals surface area (Å²) in [4.78, 5) is 15.1. The molecule has 98 valence electrons. The molecule has 4 heteroatoms. The molecule has 0 spiro atoms. The summed E-state index contributed by atoms with van der Waals surface area (Å²) in [5.74, 6) is 0.584. The van der Waals surface area contributed by atoms with Crippen molar-refractivity contribution in [1.82, 2.24) is 4.98 Å². The van der Waals surface area contributed by atoms with E-state index in [0.717, 1.165) is 19.3 Å². The molecular formula is C14H19NO3. The Labute approximate surface area is 107 Å². The molecule has 0 aromatic carbocycles. The van der Waals surface area contributed by atoms with Crippen LogP contribution in [0.2, 0.25) is 0 Å². The average Bonchev–Trinajstić information content (AvgIpc) is 2.34. The maximum Gasteiger partial charge on any atom is 0.341 e. The van der Waals surface area contributed by atoms with Crippen molar-refractivity contribution in [2.24, 2.45) is 11.8 Å². The number of pyridine rings is 1. The van der Waals surface area contributed by atoms with E-state index in [0.29, 0.717) is 11.8 Å². The van der Waals surface area contributed by atoms with Crippen molar-refractivity contribution < 1.29 is 14.6 Å². The second-order valence-corrected chi connectivity index (χ2v) is 5.17. The third kappa shape index (κ3) is 2.81. The largest absolute Gasteiger partial charge is 0.477 e. The smallest absolute Gasteiger partial charge is 0.341 e. The number of hydrogen-bond donors (Lipinski definition) is 1. The molecule has 3 atom stereocenters. The van der Waals surface area contributed by atoms with E-state index >= 15 is 0 Å². The minimum atomic E-state index is -0.990. The lowest BCUT2D eigenvalue weighted by molar-refractivity contribution is 0.0670. The Bertz CT molecular complexity index is 433. The second-order valence-electron chi connectivity index (χ2n) is 5.17. The summed E-state index contributed by atoms with van der Waals surface area (Å²) in [7, 11) is 0. The van der Waals surface area contributed by atoms with Gasteiger partial charge in [0.15, 0.2) is 0 Å². The molecule has 1 fully saturated rings. The molecule has 1 aliphatic rings. The van der Waals surface area contributed by atoms with Crippen LogP contribution in [0.4, 0.5) is 0 Å². The molecule has 0 saturated heterocycles. The standard InChI is InChI=1S/C14H19NO3/c1-9-5-6-11(8-10(9)2)18-13-12(14(16)17)4-3-7-15-13/h3-4,7,9-11H,5-6,8H2,1-2H3,(H,16,17). The number of carbonyl (C=O) groups is 1. The van der Waals surface area contributed by atoms with E-state index in [1.807, 2.05) is 0 Å². The van der Waals surface area contributed by atoms with Crippen LogP contribution in [0.25, 0.3) is 0 Å². The molecule has 1 N–H and O–H groups in total. The molecule has 0 aliphatic heterocycles. The first-order valence-electron chi connectivity index (χ1n) is 6.43. The van der Waals surface area contributed by atoms with E-state index in [-0.39, 0.29) is 17.5 Å². The van der Waals surface area contributed by atoms with E-state index in [9.17, 15) is 4.79 Å². The SMILES string of the molecule is CC1CCC(Oc2ncccc2C(=O)O)CC1C. The van der Waals surface area contributed by atoms with E-state index in [2.05, 4.69) is 18.8 Å². The summed E-state index contributed by atoms with van der Waals surface area (Å²) in [5, 5.41) is 9.07. The predicted octanol–water partition coefficient (Wildman–Crippen LogP) is 2.98. The quantitative estimate of drug-likeness (QED) is 0.894. The van der Waals surface area contributed by atoms with Crippen LogP contribution >= 0.6 is 0 Å². The number of nitrogens with zero attached hydrogens (tertiary/aromatic N) is 1. The van der Waals surface area contributed by atoms with E-state index in [4.69, 9.17) is 9.84 Å². The highest BCUT2D eigenvalue weighted by molar-refractivity contribution is 5.90. The molecule has 18 heavy (non-hydrogen) atoms. The summed E-state index contributed by atoms with van der Waals surface area (Å²) in [6.07, 6.45) is 4.72. The van der Waals surface area contributed by atoms with Crippen molar-refractivity contribution in [3.8, 4) is 5.88 Å². The molecule has 4 nitrogen and oxygen atoms in total. The van der Waals surface area contributed by atoms with Crippen LogP contribution in [0.15, 0.2) is 18.3 Å². The van der Waals surface area contributed by atoms with Crippen molar-refractivity contribution in [3.63, 3.8) is 0 Å². The van der Waals surface area contributed by atoms with Crippen molar-refractivity contribution in [1.29, 1.82) is 0 Å². The number of rotatable bonds is 3. The minimum absolute atomic E-state index is 0.0872. The molecule has 0 bridgehead atoms. The van der Waals surface area contributed by atoms with Crippen molar-refractivity contribution in [2.45, 2.75) is 39.2 Å². The van der Waals surface area contributed by atoms with Crippen LogP contribution in [0.1, 0.15) is 43.5 Å². The van der Waals surface area contributed by atoms with Crippen LogP contribution in [0, 0.1) is 11.8 Å². The Morgan fingerprint density at radius 1 is 1.39 bits per heavy atom. The van der Waals surface area contributed by atoms with Gasteiger partial charge in [0.05, 0.1) is 0 Å². The number of carboxylic acid groups (broad SMARTS) is 1. The fraction of sp³-hybridized carbons (Fsp3) is 0.571. The fourth-order valence-corrected chi connectivity index (χ4v) is 2.41. The Kier molecular flexibility index (Phi) is 3.84. The first-order chi connectivity index (χ1) is 8.58. The molecule has 1 aliphatic carbocycles. The van der Waals surface area contributed by atoms with Crippen LogP contribution < -0.4 is 4.74 Å². The number of carboxylic acids is 1. The van der Waals surface area contributed by atoms with Gasteiger partial charge in [-0.2, -0.15) is 0 Å². The Morgan fingerprint density at radius 3 is 2.83 bits per heavy atom. The zero-order chi connectivity index (χ0) is 13.1. The Balaban J connectivity index is 2.08. The third-order valence-corrected chi connectivity index (χ3v) is 3.83. The molecule has 1 aromatic heterocycles. The monoisotopic (exact) mass is 249 g/mol. The van der Waals surface area contributed by atoms with Crippen LogP contribution in [0.5, 0.6) is 5.88 Å². The maximum atomic E-state index is 11.1. The van der Waals surface area contributed by atoms with Gasteiger partial charge in [-0.25, -0.2) is 9.78 Å². The maximum absolute atomic E-state index is 11.1. The molecular weight excluding hydrogens is 230 g/mol. The molecule has 3 unspecified atom stereocenters. The van der Waals surface area contributed by atoms with Gasteiger partial charge in [0, 0.05) is 6.20 Å². The van der Waals surface area contributed by atoms with Crippen molar-refractivity contribution >= 4 is 5.97 Å². The zero-order valence-corrected chi connectivity index (χ0v) is 10.8. The van der Waals surface area contributed by atoms with E-state index in [1.165, 1.54) is 6.07 Å². The zero-order valence-electron chi connectivity index (χ0n) is 10.8. The lowest BCUT2D eigenvalue weighted by Crippen LogP contribution is -2.29. The van der Waals surface area contributed by atoms with Crippen LogP contribution in [0.3, 0.4) is 0 Å². The molecule has 0 amide bonds. The van der Waals surface area contributed by atoms with Gasteiger partial charge in [0.1, 0.15) is 11.7 Å². The summed E-state index contributed by atoms with van der Waals surface area (Å²) >= 11 is 0. The number of aromatic carboxylic acids is 1. The average molecular weight is 249 g/mol. The van der Waals surface area contributed by atoms with Gasteiger partial charge >= 0.3 is 5.97 Å². The van der Waals surface area contributed by atoms with Crippen molar-refractivity contribution in [2.75, 3.05) is 0 Å². The van der Waals surface area contributed by atoms with Gasteiger partial charge in [0.25, 0.3) is 0 Å². The highest BCUT2D eigenvalue weighted by atomic mass is 16.5. The lowest BCUT2D eigenvalue weighted by Gasteiger charge is -2.32. The Hall–Kier alpha value is -1.58. The first kappa shape index (κ1) is 12.9. The van der Waals surface area contributed by atoms with Crippen LogP contribution in [-0.4, -0.2) is 22.2 Å². The summed E-state index contributed by atoms with van der Waals surface area (Å²) < 4.78 is 5.77. The molecule has 2 rings (SSSR count). The van der Waals surface area contributed by atoms with Gasteiger partial charge in [-0.15, -0.1) is 0 Å². The normalized spacial score (nSPS) is 27.8. The minimum Gasteiger partial charge on any atom is -0.477 e. The number of hydrogen-bond acceptors (Lipinski definition) is 3. The molecule has 1 heterocycles. The van der Waals surface area contributed by atoms with E-state index < -0.39 is 5.97 Å². The summed E-state index contributed by atoms with van der Waals surface area (Å²) in [6.45, 7) is 4.47. The van der Waals surface area contributed by atoms with Gasteiger partial charge < -0.3 is 9.84 Å². The fourth-order valence-electron chi connectivity index (χ4n) is 2.41. The van der Waals surface area contributed by atoms with E-state index in [1.54, 1.807) is 12.3 Å². The topological polar surface area (TPSA) is 59.4 Å². The van der Waals surface area contributed by atoms with Crippen LogP contribution in [-0.2, 0) is 0 Å². The van der Waals surface area contributed by atoms with Gasteiger partial charge in [-0.3, -0.25) is 0 Å². The first-order valence-corrected chi connectivity index (χ1v) is 6.43. The highest BCUT2D eigenvalue weighted by Crippen LogP contribution is 2.32. The van der Waals surface area contributed by atoms with Gasteiger partial charge in [-0.05, 0) is 43.2 Å². The number of aromatic nitrogens is 1. The second kappa shape index (κ2) is 5.38. The third-order valence-electron chi connectivity index (χ3n) is 3.83. The van der Waals surface area contributed by atoms with Crippen molar-refractivity contribution in [3.05, 3.63) is 23.9 Å². The molecule has 1 aromatic rings. The summed E-state index contributed by atoms with van der Waals surface area (Å²) in [6, 6.07) is 3.14. The highest BCUT2D eigenvalue weighted by Gasteiger charge is 2.27. The number of ether oxygens (including phenoxy) is 1. The Morgan fingerprint density at radius 2 is 2.17 bits per heavy atom. The van der Waals surface area contributed by atoms with Gasteiger partial charge in [0.2, 0.25) is 5.88 Å². The lowest BCUT2D eigenvalue weighted by atomic mass is 9.80. The van der Waals surface area contributed by atoms with Gasteiger partial charge in [-0.1, -0.05) is 13.8 Å².